The number of likely N-dealkylation sites (N-methyl/N-ethyl adjacent to an activating group) is 1. The van der Waals surface area contributed by atoms with E-state index in [2.05, 4.69) is 16.7 Å². The summed E-state index contributed by atoms with van der Waals surface area (Å²) in [6.45, 7) is 3.57. The number of likely N-dealkylation sites (tertiary alicyclic amines) is 1. The predicted molar refractivity (Wildman–Crippen MR) is 146 cm³/mol. The van der Waals surface area contributed by atoms with E-state index in [0.717, 1.165) is 24.2 Å². The lowest BCUT2D eigenvalue weighted by atomic mass is 9.48. The molecule has 0 unspecified atom stereocenters. The summed E-state index contributed by atoms with van der Waals surface area (Å²) in [5.74, 6) is 5.91. The van der Waals surface area contributed by atoms with Gasteiger partial charge in [-0.15, -0.1) is 0 Å². The van der Waals surface area contributed by atoms with Crippen LogP contribution in [0.25, 0.3) is 0 Å². The van der Waals surface area contributed by atoms with Gasteiger partial charge in [-0.05, 0) is 75.6 Å². The lowest BCUT2D eigenvalue weighted by molar-refractivity contribution is -0.386. The van der Waals surface area contributed by atoms with Gasteiger partial charge in [0.05, 0.1) is 28.0 Å². The van der Waals surface area contributed by atoms with Gasteiger partial charge in [-0.1, -0.05) is 18.1 Å². The number of nitro benzene ring substituents is 1. The summed E-state index contributed by atoms with van der Waals surface area (Å²) in [7, 11) is 1.71. The number of carbonyl (C=O) groups excluding carboxylic acids is 1. The number of benzene rings is 2. The smallest absolute Gasteiger partial charge is 0.298 e. The van der Waals surface area contributed by atoms with E-state index >= 15 is 0 Å². The van der Waals surface area contributed by atoms with Crippen LogP contribution in [-0.2, 0) is 16.6 Å². The monoisotopic (exact) mass is 543 g/mol. The molecule has 2 aromatic carbocycles. The molecule has 9 heteroatoms. The number of phenols is 1. The molecule has 1 spiro atoms. The van der Waals surface area contributed by atoms with Gasteiger partial charge in [-0.3, -0.25) is 19.8 Å². The first kappa shape index (κ1) is 25.4. The van der Waals surface area contributed by atoms with Gasteiger partial charge in [-0.25, -0.2) is 0 Å². The summed E-state index contributed by atoms with van der Waals surface area (Å²) in [6, 6.07) is 8.12. The molecule has 2 N–H and O–H groups in total. The minimum Gasteiger partial charge on any atom is -0.504 e. The summed E-state index contributed by atoms with van der Waals surface area (Å²) < 4.78 is 6.51. The zero-order valence-electron chi connectivity index (χ0n) is 22.7. The largest absolute Gasteiger partial charge is 0.504 e. The van der Waals surface area contributed by atoms with Crippen molar-refractivity contribution >= 4 is 11.6 Å². The maximum absolute atomic E-state index is 13.4. The van der Waals surface area contributed by atoms with Gasteiger partial charge in [0.2, 0.25) is 0 Å². The summed E-state index contributed by atoms with van der Waals surface area (Å²) >= 11 is 0. The van der Waals surface area contributed by atoms with E-state index in [0.29, 0.717) is 42.7 Å². The van der Waals surface area contributed by atoms with Crippen molar-refractivity contribution in [1.29, 1.82) is 0 Å². The molecule has 208 valence electrons. The molecular formula is C31H33N3O6. The molecule has 5 aliphatic rings. The van der Waals surface area contributed by atoms with Crippen molar-refractivity contribution in [3.05, 3.63) is 62.7 Å². The molecule has 2 saturated carbocycles. The van der Waals surface area contributed by atoms with Crippen molar-refractivity contribution in [2.45, 2.75) is 74.7 Å². The van der Waals surface area contributed by atoms with Crippen LogP contribution in [-0.4, -0.2) is 74.8 Å². The SMILES string of the molecule is Cc1cccc(C#CC(=O)N(C)[C@H]2CC[C@@]3(O)[C@H]4Cc5c([N+](=O)[O-])cc(O)c6c5[C@@]3(CCN4CC3CC3)[C@H]2O6)c1. The van der Waals surface area contributed by atoms with Crippen LogP contribution in [0.2, 0.25) is 0 Å². The molecule has 7 rings (SSSR count). The van der Waals surface area contributed by atoms with Gasteiger partial charge in [0.25, 0.3) is 11.6 Å². The third-order valence-electron chi connectivity index (χ3n) is 10.2. The summed E-state index contributed by atoms with van der Waals surface area (Å²) in [6.07, 6.45) is 3.48. The topological polar surface area (TPSA) is 116 Å². The van der Waals surface area contributed by atoms with Gasteiger partial charge < -0.3 is 19.8 Å². The lowest BCUT2D eigenvalue weighted by Crippen LogP contribution is -2.78. The Morgan fingerprint density at radius 2 is 2.08 bits per heavy atom. The molecule has 2 aliphatic heterocycles. The summed E-state index contributed by atoms with van der Waals surface area (Å²) in [4.78, 5) is 29.0. The molecule has 3 aliphatic carbocycles. The second kappa shape index (κ2) is 8.69. The van der Waals surface area contributed by atoms with Crippen LogP contribution in [0.4, 0.5) is 5.69 Å². The molecule has 1 amide bonds. The Morgan fingerprint density at radius 3 is 2.80 bits per heavy atom. The fourth-order valence-corrected chi connectivity index (χ4v) is 8.17. The Morgan fingerprint density at radius 1 is 1.27 bits per heavy atom. The van der Waals surface area contributed by atoms with Crippen molar-refractivity contribution in [3.63, 3.8) is 0 Å². The molecule has 0 aromatic heterocycles. The molecule has 40 heavy (non-hydrogen) atoms. The number of piperidine rings is 1. The first-order valence-electron chi connectivity index (χ1n) is 14.2. The van der Waals surface area contributed by atoms with Gasteiger partial charge in [-0.2, -0.15) is 0 Å². The molecular weight excluding hydrogens is 510 g/mol. The molecule has 1 saturated heterocycles. The van der Waals surface area contributed by atoms with E-state index in [1.54, 1.807) is 11.9 Å². The van der Waals surface area contributed by atoms with Gasteiger partial charge in [0.15, 0.2) is 11.5 Å². The zero-order valence-corrected chi connectivity index (χ0v) is 22.7. The molecule has 9 nitrogen and oxygen atoms in total. The van der Waals surface area contributed by atoms with Crippen molar-refractivity contribution in [2.75, 3.05) is 20.1 Å². The fourth-order valence-electron chi connectivity index (χ4n) is 8.17. The highest BCUT2D eigenvalue weighted by Crippen LogP contribution is 2.67. The number of aromatic hydroxyl groups is 1. The molecule has 5 atom stereocenters. The number of phenolic OH excluding ortho intramolecular Hbond substituents is 1. The standard InChI is InChI=1S/C31H33N3O6/c1-18-4-3-5-19(14-18)8-9-26(36)32(2)22-10-11-31(37)25-15-21-23(34(38)39)16-24(35)28-27(21)30(31,29(22)40-28)12-13-33(25)17-20-6-7-20/h3-5,14,16,20,22,25,29,35,37H,6-7,10-13,15,17H2,1-2H3/t22-,25+,29-,30-,31+/m0/s1. The number of nitro groups is 1. The highest BCUT2D eigenvalue weighted by Gasteiger charge is 2.74. The van der Waals surface area contributed by atoms with Crippen LogP contribution in [0.5, 0.6) is 11.5 Å². The number of hydrogen-bond acceptors (Lipinski definition) is 7. The Balaban J connectivity index is 1.31. The maximum Gasteiger partial charge on any atom is 0.298 e. The van der Waals surface area contributed by atoms with Crippen LogP contribution in [0.3, 0.4) is 0 Å². The number of nitrogens with zero attached hydrogens (tertiary/aromatic N) is 3. The Hall–Kier alpha value is -3.61. The van der Waals surface area contributed by atoms with Crippen LogP contribution in [0.1, 0.15) is 54.4 Å². The number of rotatable bonds is 4. The van der Waals surface area contributed by atoms with Crippen LogP contribution in [0.15, 0.2) is 30.3 Å². The fraction of sp³-hybridized carbons (Fsp3) is 0.516. The Kier molecular flexibility index (Phi) is 5.51. The minimum absolute atomic E-state index is 0.129. The Labute approximate surface area is 232 Å². The van der Waals surface area contributed by atoms with Gasteiger partial charge in [0, 0.05) is 42.2 Å². The van der Waals surface area contributed by atoms with Crippen molar-refractivity contribution in [2.24, 2.45) is 5.92 Å². The molecule has 3 fully saturated rings. The number of hydrogen-bond donors (Lipinski definition) is 2. The van der Waals surface area contributed by atoms with Gasteiger partial charge in [0.1, 0.15) is 6.10 Å². The Bertz CT molecular complexity index is 1510. The highest BCUT2D eigenvalue weighted by atomic mass is 16.6. The van der Waals surface area contributed by atoms with Gasteiger partial charge >= 0.3 is 0 Å². The quantitative estimate of drug-likeness (QED) is 0.346. The normalized spacial score (nSPS) is 31.4. The van der Waals surface area contributed by atoms with E-state index in [9.17, 15) is 25.1 Å². The average Bonchev–Trinajstić information content (AvgIpc) is 3.66. The predicted octanol–water partition coefficient (Wildman–Crippen LogP) is 3.05. The van der Waals surface area contributed by atoms with E-state index in [-0.39, 0.29) is 29.1 Å². The van der Waals surface area contributed by atoms with Crippen molar-refractivity contribution < 1.29 is 24.7 Å². The van der Waals surface area contributed by atoms with E-state index in [1.807, 2.05) is 31.2 Å². The highest BCUT2D eigenvalue weighted by molar-refractivity contribution is 5.94. The molecule has 2 bridgehead atoms. The van der Waals surface area contributed by atoms with Crippen LogP contribution in [0, 0.1) is 34.8 Å². The lowest BCUT2D eigenvalue weighted by Gasteiger charge is -2.64. The van der Waals surface area contributed by atoms with E-state index in [1.165, 1.54) is 18.9 Å². The third-order valence-corrected chi connectivity index (χ3v) is 10.2. The average molecular weight is 544 g/mol. The number of aryl methyl sites for hydroxylation is 1. The first-order chi connectivity index (χ1) is 19.1. The molecule has 0 radical (unpaired) electrons. The number of carbonyl (C=O) groups is 1. The molecule has 2 heterocycles. The first-order valence-corrected chi connectivity index (χ1v) is 14.2. The molecule has 2 aromatic rings. The van der Waals surface area contributed by atoms with Crippen LogP contribution < -0.4 is 4.74 Å². The van der Waals surface area contributed by atoms with E-state index in [4.69, 9.17) is 4.74 Å². The van der Waals surface area contributed by atoms with E-state index < -0.39 is 28.1 Å². The third kappa shape index (κ3) is 3.45. The zero-order chi connectivity index (χ0) is 28.0. The van der Waals surface area contributed by atoms with Crippen molar-refractivity contribution in [1.82, 2.24) is 9.80 Å². The number of aliphatic hydroxyl groups is 1. The summed E-state index contributed by atoms with van der Waals surface area (Å²) in [5.41, 5.74) is 0.637. The number of ether oxygens (including phenoxy) is 1. The van der Waals surface area contributed by atoms with Crippen molar-refractivity contribution in [3.8, 4) is 23.3 Å². The van der Waals surface area contributed by atoms with Crippen LogP contribution >= 0.6 is 0 Å². The minimum atomic E-state index is -1.20. The number of amides is 1. The second-order valence-corrected chi connectivity index (χ2v) is 12.3. The maximum atomic E-state index is 13.4. The second-order valence-electron chi connectivity index (χ2n) is 12.3. The summed E-state index contributed by atoms with van der Waals surface area (Å²) in [5, 5.41) is 35.7.